The second kappa shape index (κ2) is 7.54. The highest BCUT2D eigenvalue weighted by Crippen LogP contribution is 2.11. The zero-order chi connectivity index (χ0) is 12.8. The van der Waals surface area contributed by atoms with Crippen LogP contribution in [-0.2, 0) is 0 Å². The monoisotopic (exact) mass is 274 g/mol. The fourth-order valence-electron chi connectivity index (χ4n) is 1.26. The second-order valence-corrected chi connectivity index (χ2v) is 3.66. The van der Waals surface area contributed by atoms with Crippen molar-refractivity contribution in [3.63, 3.8) is 0 Å². The zero-order valence-electron chi connectivity index (χ0n) is 10.5. The molecular formula is C10H19ClN6O. The van der Waals surface area contributed by atoms with Crippen LogP contribution in [0.5, 0.6) is 0 Å². The van der Waals surface area contributed by atoms with Gasteiger partial charge in [0.05, 0.1) is 0 Å². The van der Waals surface area contributed by atoms with E-state index in [4.69, 9.17) is 21.4 Å². The van der Waals surface area contributed by atoms with Crippen LogP contribution in [0.25, 0.3) is 0 Å². The summed E-state index contributed by atoms with van der Waals surface area (Å²) in [5, 5.41) is 11.1. The molecule has 0 saturated carbocycles. The van der Waals surface area contributed by atoms with Crippen LogP contribution in [0.4, 0.5) is 5.82 Å². The van der Waals surface area contributed by atoms with Gasteiger partial charge in [0.25, 0.3) is 0 Å². The average molecular weight is 275 g/mol. The largest absolute Gasteiger partial charge is 0.370 e. The summed E-state index contributed by atoms with van der Waals surface area (Å²) in [6.07, 6.45) is 1.87. The van der Waals surface area contributed by atoms with Gasteiger partial charge >= 0.3 is 0 Å². The van der Waals surface area contributed by atoms with Crippen molar-refractivity contribution in [2.75, 3.05) is 6.54 Å². The molecule has 0 radical (unpaired) electrons. The Morgan fingerprint density at radius 1 is 1.56 bits per heavy atom. The maximum absolute atomic E-state index is 7.43. The van der Waals surface area contributed by atoms with Gasteiger partial charge in [0.1, 0.15) is 5.76 Å². The minimum Gasteiger partial charge on any atom is -0.370 e. The topological polar surface area (TPSA) is 118 Å². The Hall–Kier alpha value is -1.76. The van der Waals surface area contributed by atoms with E-state index in [-0.39, 0.29) is 24.3 Å². The number of nitrogens with one attached hydrogen (secondary N) is 1. The molecule has 1 aromatic rings. The van der Waals surface area contributed by atoms with Crippen LogP contribution in [-0.4, -0.2) is 28.5 Å². The summed E-state index contributed by atoms with van der Waals surface area (Å²) < 4.78 is 4.87. The molecule has 18 heavy (non-hydrogen) atoms. The molecule has 1 heterocycles. The van der Waals surface area contributed by atoms with Crippen molar-refractivity contribution in [1.29, 1.82) is 5.41 Å². The highest BCUT2D eigenvalue weighted by atomic mass is 35.5. The third-order valence-corrected chi connectivity index (χ3v) is 2.15. The van der Waals surface area contributed by atoms with Crippen LogP contribution in [0.3, 0.4) is 0 Å². The van der Waals surface area contributed by atoms with Crippen LogP contribution in [0.15, 0.2) is 15.6 Å². The Bertz CT molecular complexity index is 416. The molecule has 0 saturated heterocycles. The molecule has 0 amide bonds. The lowest BCUT2D eigenvalue weighted by atomic mass is 10.3. The Kier molecular flexibility index (Phi) is 6.81. The van der Waals surface area contributed by atoms with E-state index in [2.05, 4.69) is 10.1 Å². The van der Waals surface area contributed by atoms with Gasteiger partial charge in [0, 0.05) is 12.6 Å². The molecule has 0 bridgehead atoms. The van der Waals surface area contributed by atoms with Crippen molar-refractivity contribution in [3.05, 3.63) is 11.8 Å². The summed E-state index contributed by atoms with van der Waals surface area (Å²) in [4.78, 5) is 5.49. The number of aryl methyl sites for hydroxylation is 1. The van der Waals surface area contributed by atoms with Crippen LogP contribution < -0.4 is 11.5 Å². The van der Waals surface area contributed by atoms with Gasteiger partial charge in [-0.25, -0.2) is 0 Å². The molecular weight excluding hydrogens is 256 g/mol. The maximum atomic E-state index is 7.43. The highest BCUT2D eigenvalue weighted by molar-refractivity contribution is 5.96. The Morgan fingerprint density at radius 3 is 2.67 bits per heavy atom. The van der Waals surface area contributed by atoms with E-state index in [1.165, 1.54) is 4.90 Å². The Morgan fingerprint density at radius 2 is 2.22 bits per heavy atom. The number of hydrogen-bond donors (Lipinski definition) is 3. The van der Waals surface area contributed by atoms with Crippen LogP contribution in [0, 0.1) is 12.3 Å². The van der Waals surface area contributed by atoms with Gasteiger partial charge in [-0.05, 0) is 13.3 Å². The van der Waals surface area contributed by atoms with Gasteiger partial charge in [0.2, 0.25) is 5.96 Å². The van der Waals surface area contributed by atoms with Crippen molar-refractivity contribution in [2.45, 2.75) is 26.7 Å². The van der Waals surface area contributed by atoms with E-state index >= 15 is 0 Å². The van der Waals surface area contributed by atoms with Crippen molar-refractivity contribution in [1.82, 2.24) is 10.1 Å². The number of halogens is 1. The van der Waals surface area contributed by atoms with Crippen LogP contribution >= 0.6 is 12.4 Å². The molecule has 0 fully saturated rings. The summed E-state index contributed by atoms with van der Waals surface area (Å²) in [6.45, 7) is 4.38. The quantitative estimate of drug-likeness (QED) is 0.566. The molecule has 0 atom stereocenters. The summed E-state index contributed by atoms with van der Waals surface area (Å²) >= 11 is 0. The van der Waals surface area contributed by atoms with Gasteiger partial charge in [-0.2, -0.15) is 4.99 Å². The van der Waals surface area contributed by atoms with E-state index in [9.17, 15) is 0 Å². The molecule has 1 rings (SSSR count). The molecule has 0 spiro atoms. The average Bonchev–Trinajstić information content (AvgIpc) is 2.64. The van der Waals surface area contributed by atoms with E-state index in [0.29, 0.717) is 18.1 Å². The molecule has 102 valence electrons. The molecule has 0 unspecified atom stereocenters. The Labute approximate surface area is 112 Å². The summed E-state index contributed by atoms with van der Waals surface area (Å²) in [6, 6.07) is 1.66. The molecule has 0 aliphatic carbocycles. The number of hydrogen-bond acceptors (Lipinski definition) is 4. The lowest BCUT2D eigenvalue weighted by Crippen LogP contribution is -2.45. The molecule has 0 aliphatic heterocycles. The van der Waals surface area contributed by atoms with E-state index in [1.807, 2.05) is 6.92 Å². The number of aromatic nitrogens is 1. The minimum absolute atomic E-state index is 0. The second-order valence-electron chi connectivity index (χ2n) is 3.66. The maximum Gasteiger partial charge on any atom is 0.205 e. The smallest absolute Gasteiger partial charge is 0.205 e. The standard InChI is InChI=1S/C10H18N6O.ClH/c1-3-4-5-16(9(11)12)10(13)14-8-6-7(2)17-15-8;/h6H,3-5H2,1-2H3,(H3,11,12)(H2,13,14,15);1H. The SMILES string of the molecule is CCCCN(C(=N)N)C(N)=Nc1cc(C)on1.Cl. The van der Waals surface area contributed by atoms with Gasteiger partial charge in [-0.1, -0.05) is 18.5 Å². The number of rotatable bonds is 4. The first kappa shape index (κ1) is 16.2. The van der Waals surface area contributed by atoms with Crippen molar-refractivity contribution >= 4 is 30.1 Å². The number of guanidine groups is 2. The lowest BCUT2D eigenvalue weighted by Gasteiger charge is -2.20. The van der Waals surface area contributed by atoms with E-state index in [0.717, 1.165) is 12.8 Å². The summed E-state index contributed by atoms with van der Waals surface area (Å²) in [7, 11) is 0. The van der Waals surface area contributed by atoms with Crippen molar-refractivity contribution < 1.29 is 4.52 Å². The van der Waals surface area contributed by atoms with E-state index < -0.39 is 0 Å². The first-order valence-electron chi connectivity index (χ1n) is 5.43. The van der Waals surface area contributed by atoms with Crippen LogP contribution in [0.2, 0.25) is 0 Å². The van der Waals surface area contributed by atoms with Gasteiger partial charge < -0.3 is 16.0 Å². The molecule has 7 nitrogen and oxygen atoms in total. The lowest BCUT2D eigenvalue weighted by molar-refractivity contribution is 0.399. The highest BCUT2D eigenvalue weighted by Gasteiger charge is 2.11. The summed E-state index contributed by atoms with van der Waals surface area (Å²) in [5.74, 6) is 1.06. The Balaban J connectivity index is 0.00000289. The van der Waals surface area contributed by atoms with Gasteiger partial charge in [-0.3, -0.25) is 10.3 Å². The molecule has 5 N–H and O–H groups in total. The third-order valence-electron chi connectivity index (χ3n) is 2.15. The normalized spacial score (nSPS) is 10.9. The number of nitrogens with two attached hydrogens (primary N) is 2. The van der Waals surface area contributed by atoms with Crippen LogP contribution in [0.1, 0.15) is 25.5 Å². The molecule has 8 heteroatoms. The predicted molar refractivity (Wildman–Crippen MR) is 73.3 cm³/mol. The summed E-state index contributed by atoms with van der Waals surface area (Å²) in [5.41, 5.74) is 11.2. The van der Waals surface area contributed by atoms with E-state index in [1.54, 1.807) is 13.0 Å². The molecule has 0 aromatic carbocycles. The van der Waals surface area contributed by atoms with Gasteiger partial charge in [0.15, 0.2) is 11.8 Å². The first-order valence-corrected chi connectivity index (χ1v) is 5.43. The zero-order valence-corrected chi connectivity index (χ0v) is 11.3. The fraction of sp³-hybridized carbons (Fsp3) is 0.500. The van der Waals surface area contributed by atoms with Crippen molar-refractivity contribution in [2.24, 2.45) is 16.5 Å². The predicted octanol–water partition coefficient (Wildman–Crippen LogP) is 1.35. The number of nitrogens with zero attached hydrogens (tertiary/aromatic N) is 3. The van der Waals surface area contributed by atoms with Gasteiger partial charge in [-0.15, -0.1) is 12.4 Å². The van der Waals surface area contributed by atoms with Crippen molar-refractivity contribution in [3.8, 4) is 0 Å². The molecule has 0 aliphatic rings. The molecule has 1 aromatic heterocycles. The number of aliphatic imine (C=N–C) groups is 1. The minimum atomic E-state index is -0.125. The number of unbranched alkanes of at least 4 members (excludes halogenated alkanes) is 1. The third kappa shape index (κ3) is 4.62. The first-order chi connectivity index (χ1) is 8.04. The fourth-order valence-corrected chi connectivity index (χ4v) is 1.26.